The van der Waals surface area contributed by atoms with Crippen molar-refractivity contribution < 1.29 is 9.53 Å². The molecular weight excluding hydrogens is 346 g/mol. The number of hydrogen-bond acceptors (Lipinski definition) is 5. The molecule has 0 aliphatic carbocycles. The minimum absolute atomic E-state index is 0.0516. The van der Waals surface area contributed by atoms with Crippen LogP contribution in [0.15, 0.2) is 54.0 Å². The molecular formula is C20H21N3O2S. The molecule has 1 N–H and O–H groups in total. The van der Waals surface area contributed by atoms with Crippen LogP contribution in [0.1, 0.15) is 31.1 Å². The Hall–Kier alpha value is -2.73. The lowest BCUT2D eigenvalue weighted by atomic mass is 10.1. The minimum Gasteiger partial charge on any atom is -0.494 e. The summed E-state index contributed by atoms with van der Waals surface area (Å²) < 4.78 is 5.44. The Balaban J connectivity index is 1.57. The highest BCUT2D eigenvalue weighted by molar-refractivity contribution is 7.13. The summed E-state index contributed by atoms with van der Waals surface area (Å²) in [5.41, 5.74) is 2.62. The number of carbonyl (C=O) groups excluding carboxylic acids is 1. The quantitative estimate of drug-likeness (QED) is 0.685. The summed E-state index contributed by atoms with van der Waals surface area (Å²) in [7, 11) is 0. The van der Waals surface area contributed by atoms with E-state index in [9.17, 15) is 4.79 Å². The van der Waals surface area contributed by atoms with E-state index in [0.29, 0.717) is 6.61 Å². The van der Waals surface area contributed by atoms with Gasteiger partial charge in [-0.3, -0.25) is 9.78 Å². The normalized spacial score (nSPS) is 11.8. The molecule has 0 aliphatic heterocycles. The summed E-state index contributed by atoms with van der Waals surface area (Å²) in [5, 5.41) is 5.75. The van der Waals surface area contributed by atoms with Gasteiger partial charge >= 0.3 is 0 Å². The molecule has 0 saturated carbocycles. The molecule has 0 radical (unpaired) electrons. The molecule has 6 heteroatoms. The lowest BCUT2D eigenvalue weighted by Gasteiger charge is -2.14. The van der Waals surface area contributed by atoms with Crippen molar-refractivity contribution in [3.63, 3.8) is 0 Å². The van der Waals surface area contributed by atoms with Gasteiger partial charge in [0.1, 0.15) is 10.8 Å². The number of nitrogens with one attached hydrogen (secondary N) is 1. The lowest BCUT2D eigenvalue weighted by Crippen LogP contribution is -2.28. The SMILES string of the molecule is CCOc1ccc(C(C)NC(=O)Cc2csc(-c3ccccn3)n2)cc1. The second kappa shape index (κ2) is 8.58. The summed E-state index contributed by atoms with van der Waals surface area (Å²) >= 11 is 1.50. The van der Waals surface area contributed by atoms with E-state index in [1.807, 2.05) is 61.7 Å². The van der Waals surface area contributed by atoms with E-state index in [1.165, 1.54) is 11.3 Å². The molecule has 134 valence electrons. The smallest absolute Gasteiger partial charge is 0.226 e. The molecule has 1 unspecified atom stereocenters. The molecule has 5 nitrogen and oxygen atoms in total. The van der Waals surface area contributed by atoms with E-state index in [4.69, 9.17) is 4.74 Å². The van der Waals surface area contributed by atoms with Crippen molar-refractivity contribution in [1.82, 2.24) is 15.3 Å². The number of benzene rings is 1. The number of amides is 1. The Morgan fingerprint density at radius 3 is 2.73 bits per heavy atom. The van der Waals surface area contributed by atoms with Gasteiger partial charge in [-0.05, 0) is 43.7 Å². The molecule has 26 heavy (non-hydrogen) atoms. The second-order valence-electron chi connectivity index (χ2n) is 5.83. The van der Waals surface area contributed by atoms with E-state index < -0.39 is 0 Å². The molecule has 0 bridgehead atoms. The number of carbonyl (C=O) groups is 1. The summed E-state index contributed by atoms with van der Waals surface area (Å²) in [6.45, 7) is 4.56. The topological polar surface area (TPSA) is 64.1 Å². The van der Waals surface area contributed by atoms with E-state index in [-0.39, 0.29) is 18.4 Å². The highest BCUT2D eigenvalue weighted by atomic mass is 32.1. The first kappa shape index (κ1) is 18.1. The van der Waals surface area contributed by atoms with Gasteiger partial charge in [0.25, 0.3) is 0 Å². The number of nitrogens with zero attached hydrogens (tertiary/aromatic N) is 2. The van der Waals surface area contributed by atoms with Crippen molar-refractivity contribution in [2.24, 2.45) is 0 Å². The van der Waals surface area contributed by atoms with Crippen LogP contribution in [-0.4, -0.2) is 22.5 Å². The molecule has 0 fully saturated rings. The molecule has 1 aromatic carbocycles. The molecule has 0 saturated heterocycles. The predicted octanol–water partition coefficient (Wildman–Crippen LogP) is 4.02. The number of ether oxygens (including phenoxy) is 1. The second-order valence-corrected chi connectivity index (χ2v) is 6.69. The largest absolute Gasteiger partial charge is 0.494 e. The maximum Gasteiger partial charge on any atom is 0.226 e. The van der Waals surface area contributed by atoms with Crippen LogP contribution in [0.4, 0.5) is 0 Å². The van der Waals surface area contributed by atoms with E-state index in [2.05, 4.69) is 15.3 Å². The summed E-state index contributed by atoms with van der Waals surface area (Å²) in [6.07, 6.45) is 1.99. The van der Waals surface area contributed by atoms with Crippen molar-refractivity contribution in [3.05, 3.63) is 65.3 Å². The van der Waals surface area contributed by atoms with Crippen molar-refractivity contribution in [2.45, 2.75) is 26.3 Å². The van der Waals surface area contributed by atoms with Crippen LogP contribution < -0.4 is 10.1 Å². The molecule has 1 amide bonds. The standard InChI is InChI=1S/C20H21N3O2S/c1-3-25-17-9-7-15(8-10-17)14(2)22-19(24)12-16-13-26-20(23-16)18-6-4-5-11-21-18/h4-11,13-14H,3,12H2,1-2H3,(H,22,24). The van der Waals surface area contributed by atoms with Gasteiger partial charge in [0.05, 0.1) is 30.5 Å². The van der Waals surface area contributed by atoms with Crippen LogP contribution in [0.5, 0.6) is 5.75 Å². The third-order valence-corrected chi connectivity index (χ3v) is 4.76. The molecule has 1 atom stereocenters. The molecule has 2 heterocycles. The molecule has 0 aliphatic rings. The number of rotatable bonds is 7. The lowest BCUT2D eigenvalue weighted by molar-refractivity contribution is -0.121. The van der Waals surface area contributed by atoms with E-state index in [1.54, 1.807) is 6.20 Å². The van der Waals surface area contributed by atoms with Gasteiger partial charge in [0, 0.05) is 11.6 Å². The Morgan fingerprint density at radius 1 is 1.23 bits per heavy atom. The van der Waals surface area contributed by atoms with Crippen molar-refractivity contribution in [2.75, 3.05) is 6.61 Å². The maximum absolute atomic E-state index is 12.3. The average Bonchev–Trinajstić information content (AvgIpc) is 3.11. The van der Waals surface area contributed by atoms with Gasteiger partial charge < -0.3 is 10.1 Å². The van der Waals surface area contributed by atoms with Crippen molar-refractivity contribution in [1.29, 1.82) is 0 Å². The number of thiazole rings is 1. The first-order chi connectivity index (χ1) is 12.7. The molecule has 2 aromatic heterocycles. The van der Waals surface area contributed by atoms with Gasteiger partial charge in [0.2, 0.25) is 5.91 Å². The molecule has 3 aromatic rings. The monoisotopic (exact) mass is 367 g/mol. The highest BCUT2D eigenvalue weighted by Crippen LogP contribution is 2.22. The number of hydrogen-bond donors (Lipinski definition) is 1. The predicted molar refractivity (Wildman–Crippen MR) is 103 cm³/mol. The first-order valence-electron chi connectivity index (χ1n) is 8.53. The summed E-state index contributed by atoms with van der Waals surface area (Å²) in [5.74, 6) is 0.781. The van der Waals surface area contributed by atoms with Gasteiger partial charge in [0.15, 0.2) is 0 Å². The fourth-order valence-corrected chi connectivity index (χ4v) is 3.35. The highest BCUT2D eigenvalue weighted by Gasteiger charge is 2.13. The van der Waals surface area contributed by atoms with Crippen LogP contribution in [0, 0.1) is 0 Å². The van der Waals surface area contributed by atoms with Gasteiger partial charge in [-0.2, -0.15) is 0 Å². The van der Waals surface area contributed by atoms with E-state index >= 15 is 0 Å². The zero-order chi connectivity index (χ0) is 18.4. The van der Waals surface area contributed by atoms with E-state index in [0.717, 1.165) is 27.7 Å². The van der Waals surface area contributed by atoms with Crippen LogP contribution in [0.3, 0.4) is 0 Å². The summed E-state index contributed by atoms with van der Waals surface area (Å²) in [4.78, 5) is 21.1. The van der Waals surface area contributed by atoms with Crippen molar-refractivity contribution >= 4 is 17.2 Å². The van der Waals surface area contributed by atoms with Crippen LogP contribution in [-0.2, 0) is 11.2 Å². The van der Waals surface area contributed by atoms with Gasteiger partial charge in [-0.1, -0.05) is 18.2 Å². The third kappa shape index (κ3) is 4.67. The fraction of sp³-hybridized carbons (Fsp3) is 0.250. The van der Waals surface area contributed by atoms with Crippen LogP contribution in [0.25, 0.3) is 10.7 Å². The van der Waals surface area contributed by atoms with Crippen molar-refractivity contribution in [3.8, 4) is 16.5 Å². The third-order valence-electron chi connectivity index (χ3n) is 3.85. The first-order valence-corrected chi connectivity index (χ1v) is 9.41. The van der Waals surface area contributed by atoms with Crippen LogP contribution in [0.2, 0.25) is 0 Å². The van der Waals surface area contributed by atoms with Gasteiger partial charge in [-0.25, -0.2) is 4.98 Å². The Bertz CT molecular complexity index is 847. The average molecular weight is 367 g/mol. The maximum atomic E-state index is 12.3. The number of aromatic nitrogens is 2. The Kier molecular flexibility index (Phi) is 5.96. The number of pyridine rings is 1. The molecule has 0 spiro atoms. The Labute approximate surface area is 157 Å². The zero-order valence-corrected chi connectivity index (χ0v) is 15.6. The molecule has 3 rings (SSSR count). The fourth-order valence-electron chi connectivity index (χ4n) is 2.55. The van der Waals surface area contributed by atoms with Crippen LogP contribution >= 0.6 is 11.3 Å². The zero-order valence-electron chi connectivity index (χ0n) is 14.8. The van der Waals surface area contributed by atoms with Gasteiger partial charge in [-0.15, -0.1) is 11.3 Å². The Morgan fingerprint density at radius 2 is 2.04 bits per heavy atom. The minimum atomic E-state index is -0.0768. The summed E-state index contributed by atoms with van der Waals surface area (Å²) in [6, 6.07) is 13.4.